The van der Waals surface area contributed by atoms with Crippen LogP contribution < -0.4 is 9.92 Å². The number of nitrogens with zero attached hydrogens (tertiary/aromatic N) is 2. The molecule has 0 amide bonds. The monoisotopic (exact) mass is 981 g/mol. The number of rotatable bonds is 6. The molecule has 3 aromatic heterocycles. The molecule has 305 valence electrons. The molecule has 60 heavy (non-hydrogen) atoms. The van der Waals surface area contributed by atoms with Crippen LogP contribution in [0.3, 0.4) is 0 Å². The van der Waals surface area contributed by atoms with E-state index in [1.54, 1.807) is 0 Å². The van der Waals surface area contributed by atoms with E-state index in [4.69, 9.17) is 19.1 Å². The molecule has 4 aromatic carbocycles. The fourth-order valence-electron chi connectivity index (χ4n) is 10.4. The molecule has 3 unspecified atom stereocenters. The summed E-state index contributed by atoms with van der Waals surface area (Å²) in [6.07, 6.45) is 20.0. The Hall–Kier alpha value is -4.87. The molecule has 2 bridgehead atoms. The molecule has 4 nitrogen and oxygen atoms in total. The normalized spacial score (nSPS) is 21.4. The molecule has 0 saturated heterocycles. The number of furan rings is 1. The van der Waals surface area contributed by atoms with E-state index in [0.29, 0.717) is 0 Å². The van der Waals surface area contributed by atoms with Crippen molar-refractivity contribution in [3.8, 4) is 28.1 Å². The molecular formula is C54H52IrN2O2Si-2. The van der Waals surface area contributed by atoms with Gasteiger partial charge in [-0.3, -0.25) is 0 Å². The molecule has 3 saturated carbocycles. The van der Waals surface area contributed by atoms with Crippen LogP contribution in [-0.2, 0) is 26.5 Å². The Bertz CT molecular complexity index is 2740. The molecule has 6 heteroatoms. The van der Waals surface area contributed by atoms with Crippen LogP contribution in [0.5, 0.6) is 5.75 Å². The van der Waals surface area contributed by atoms with Crippen molar-refractivity contribution in [1.29, 1.82) is 0 Å². The van der Waals surface area contributed by atoms with Crippen molar-refractivity contribution in [3.05, 3.63) is 162 Å². The summed E-state index contributed by atoms with van der Waals surface area (Å²) in [7, 11) is -1.32. The second-order valence-corrected chi connectivity index (χ2v) is 23.5. The summed E-state index contributed by atoms with van der Waals surface area (Å²) in [5, 5.41) is 3.69. The van der Waals surface area contributed by atoms with Crippen LogP contribution in [-0.4, -0.2) is 24.1 Å². The van der Waals surface area contributed by atoms with Crippen LogP contribution in [0.2, 0.25) is 19.6 Å². The zero-order valence-corrected chi connectivity index (χ0v) is 38.6. The average molecular weight is 981 g/mol. The first kappa shape index (κ1) is 40.5. The summed E-state index contributed by atoms with van der Waals surface area (Å²) < 4.78 is 12.6. The van der Waals surface area contributed by atoms with Gasteiger partial charge in [-0.15, -0.1) is 23.8 Å². The maximum Gasteiger partial charge on any atom is 0.124 e. The number of allylic oxidation sites excluding steroid dienone is 2. The predicted octanol–water partition coefficient (Wildman–Crippen LogP) is 13.0. The SMILES string of the molecule is C[Si](C)(C)c1ccc(C2=[C-]C=CC3c4ccccc4OC23)nc1.Cc1cc2c(oc3c[c-]c(-c4cc(CC5CC6CCC5CC6)ccn4)cc32)c(C)c1-c1ccccc1.[Ir]. The topological polar surface area (TPSA) is 48.2 Å². The van der Waals surface area contributed by atoms with Gasteiger partial charge in [-0.1, -0.05) is 116 Å². The van der Waals surface area contributed by atoms with Crippen molar-refractivity contribution in [2.24, 2.45) is 17.8 Å². The number of fused-ring (bicyclic) bond motifs is 9. The van der Waals surface area contributed by atoms with Crippen molar-refractivity contribution in [3.63, 3.8) is 0 Å². The number of pyridine rings is 2. The van der Waals surface area contributed by atoms with E-state index < -0.39 is 8.07 Å². The molecule has 1 aliphatic heterocycles. The molecule has 3 fully saturated rings. The second-order valence-electron chi connectivity index (χ2n) is 18.4. The zero-order chi connectivity index (χ0) is 40.3. The fourth-order valence-corrected chi connectivity index (χ4v) is 11.4. The van der Waals surface area contributed by atoms with Gasteiger partial charge in [0.25, 0.3) is 0 Å². The molecule has 4 heterocycles. The summed E-state index contributed by atoms with van der Waals surface area (Å²) in [6.45, 7) is 11.4. The van der Waals surface area contributed by atoms with E-state index in [1.807, 2.05) is 36.7 Å². The third-order valence-electron chi connectivity index (χ3n) is 13.6. The van der Waals surface area contributed by atoms with Crippen molar-refractivity contribution in [2.45, 2.75) is 84.0 Å². The van der Waals surface area contributed by atoms with Gasteiger partial charge in [0.1, 0.15) is 17.4 Å². The molecule has 7 aromatic rings. The molecule has 0 N–H and O–H groups in total. The molecule has 3 atom stereocenters. The van der Waals surface area contributed by atoms with Crippen LogP contribution in [0.25, 0.3) is 49.9 Å². The standard InChI is InChI=1S/C34H32NO.C20H20NOSi.Ir/c1-21-16-30-29-20-27(12-13-32(29)36-34(30)22(2)33(21)26-6-4-3-5-7-26)31-19-24(14-15-35-31)18-28-17-23-8-10-25(28)11-9-23;1-23(2,3)14-11-12-18(21-13-14)17-9-6-8-16-15-7-4-5-10-19(15)22-20(16)17;/h3-7,13-16,19-20,23,25,28H,8-11,17-18H2,1-2H3;4-8,10-13,16,20H,1-3H3;/q2*-1;. The number of aromatic nitrogens is 2. The summed E-state index contributed by atoms with van der Waals surface area (Å²) in [4.78, 5) is 9.46. The average Bonchev–Trinajstić information content (AvgIpc) is 3.83. The zero-order valence-electron chi connectivity index (χ0n) is 35.2. The minimum absolute atomic E-state index is 0. The van der Waals surface area contributed by atoms with Gasteiger partial charge >= 0.3 is 0 Å². The van der Waals surface area contributed by atoms with Crippen LogP contribution in [0.1, 0.15) is 66.0 Å². The van der Waals surface area contributed by atoms with Crippen molar-refractivity contribution in [1.82, 2.24) is 9.97 Å². The number of hydrogen-bond donors (Lipinski definition) is 0. The van der Waals surface area contributed by atoms with Gasteiger partial charge in [0.15, 0.2) is 0 Å². The van der Waals surface area contributed by atoms with Gasteiger partial charge in [0.05, 0.1) is 13.7 Å². The minimum Gasteiger partial charge on any atom is -0.500 e. The fraction of sp³-hybridized carbons (Fsp3) is 0.296. The Labute approximate surface area is 369 Å². The smallest absolute Gasteiger partial charge is 0.124 e. The van der Waals surface area contributed by atoms with Gasteiger partial charge in [-0.05, 0) is 120 Å². The van der Waals surface area contributed by atoms with E-state index in [-0.39, 0.29) is 32.1 Å². The maximum atomic E-state index is 6.39. The van der Waals surface area contributed by atoms with E-state index in [2.05, 4.69) is 131 Å². The Kier molecular flexibility index (Phi) is 11.2. The van der Waals surface area contributed by atoms with Crippen molar-refractivity contribution in [2.75, 3.05) is 0 Å². The Morgan fingerprint density at radius 3 is 2.37 bits per heavy atom. The molecule has 0 spiro atoms. The molecule has 4 aliphatic carbocycles. The van der Waals surface area contributed by atoms with Gasteiger partial charge in [-0.25, -0.2) is 0 Å². The van der Waals surface area contributed by atoms with Crippen molar-refractivity contribution >= 4 is 40.8 Å². The number of hydrogen-bond acceptors (Lipinski definition) is 4. The summed E-state index contributed by atoms with van der Waals surface area (Å²) in [6, 6.07) is 37.7. The van der Waals surface area contributed by atoms with Crippen LogP contribution >= 0.6 is 0 Å². The third kappa shape index (κ3) is 7.68. The van der Waals surface area contributed by atoms with Gasteiger partial charge in [0.2, 0.25) is 0 Å². The molecule has 5 aliphatic rings. The summed E-state index contributed by atoms with van der Waals surface area (Å²) >= 11 is 0. The number of ether oxygens (including phenoxy) is 1. The quantitative estimate of drug-likeness (QED) is 0.123. The number of benzene rings is 4. The second kappa shape index (κ2) is 16.5. The van der Waals surface area contributed by atoms with Gasteiger partial charge in [0, 0.05) is 43.8 Å². The van der Waals surface area contributed by atoms with Crippen molar-refractivity contribution < 1.29 is 29.3 Å². The number of aryl methyl sites for hydroxylation is 2. The van der Waals surface area contributed by atoms with E-state index in [1.165, 1.54) is 82.5 Å². The van der Waals surface area contributed by atoms with Crippen LogP contribution in [0.4, 0.5) is 0 Å². The van der Waals surface area contributed by atoms with Gasteiger partial charge < -0.3 is 19.1 Å². The first-order valence-corrected chi connectivity index (χ1v) is 25.1. The largest absolute Gasteiger partial charge is 0.500 e. The van der Waals surface area contributed by atoms with E-state index >= 15 is 0 Å². The summed E-state index contributed by atoms with van der Waals surface area (Å²) in [5.74, 6) is 3.99. The molecular weight excluding hydrogens is 929 g/mol. The maximum absolute atomic E-state index is 6.39. The molecule has 1 radical (unpaired) electrons. The van der Waals surface area contributed by atoms with Crippen LogP contribution in [0, 0.1) is 43.7 Å². The van der Waals surface area contributed by atoms with E-state index in [9.17, 15) is 0 Å². The Morgan fingerprint density at radius 1 is 0.817 bits per heavy atom. The molecule has 12 rings (SSSR count). The number of para-hydroxylation sites is 1. The first-order chi connectivity index (χ1) is 28.7. The van der Waals surface area contributed by atoms with E-state index in [0.717, 1.165) is 62.6 Å². The van der Waals surface area contributed by atoms with Gasteiger partial charge in [-0.2, -0.15) is 18.2 Å². The first-order valence-electron chi connectivity index (χ1n) is 21.6. The minimum atomic E-state index is -1.32. The predicted molar refractivity (Wildman–Crippen MR) is 245 cm³/mol. The third-order valence-corrected chi connectivity index (χ3v) is 15.6. The van der Waals surface area contributed by atoms with Crippen LogP contribution in [0.15, 0.2) is 126 Å². The Balaban J connectivity index is 0.000000167. The Morgan fingerprint density at radius 2 is 1.62 bits per heavy atom. The summed E-state index contributed by atoms with van der Waals surface area (Å²) in [5.41, 5.74) is 13.6.